The van der Waals surface area contributed by atoms with Crippen molar-refractivity contribution in [1.29, 1.82) is 0 Å². The second kappa shape index (κ2) is 9.71. The Morgan fingerprint density at radius 2 is 1.73 bits per heavy atom. The normalized spacial score (nSPS) is 11.7. The number of benzene rings is 3. The minimum atomic E-state index is -0.636. The van der Waals surface area contributed by atoms with E-state index in [0.29, 0.717) is 16.2 Å². The highest BCUT2D eigenvalue weighted by Crippen LogP contribution is 2.24. The Kier molecular flexibility index (Phi) is 6.56. The van der Waals surface area contributed by atoms with Gasteiger partial charge in [0.25, 0.3) is 5.91 Å². The van der Waals surface area contributed by atoms with Gasteiger partial charge in [-0.3, -0.25) is 9.59 Å². The zero-order chi connectivity index (χ0) is 23.4. The Morgan fingerprint density at radius 3 is 2.48 bits per heavy atom. The molecule has 1 atom stereocenters. The van der Waals surface area contributed by atoms with E-state index in [4.69, 9.17) is 20.8 Å². The molecule has 33 heavy (non-hydrogen) atoms. The molecule has 0 bridgehead atoms. The van der Waals surface area contributed by atoms with Crippen molar-refractivity contribution < 1.29 is 18.7 Å². The van der Waals surface area contributed by atoms with E-state index >= 15 is 0 Å². The summed E-state index contributed by atoms with van der Waals surface area (Å²) < 4.78 is 10.7. The van der Waals surface area contributed by atoms with Gasteiger partial charge in [-0.2, -0.15) is 0 Å². The van der Waals surface area contributed by atoms with Gasteiger partial charge in [0.15, 0.2) is 0 Å². The molecule has 6 nitrogen and oxygen atoms in total. The molecule has 0 aliphatic rings. The van der Waals surface area contributed by atoms with Crippen LogP contribution in [-0.2, 0) is 4.79 Å². The lowest BCUT2D eigenvalue weighted by molar-refractivity contribution is -0.134. The first-order valence-electron chi connectivity index (χ1n) is 10.3. The van der Waals surface area contributed by atoms with Gasteiger partial charge in [0.1, 0.15) is 11.3 Å². The Hall–Kier alpha value is -3.90. The van der Waals surface area contributed by atoms with Crippen LogP contribution in [0.2, 0.25) is 5.02 Å². The Bertz CT molecular complexity index is 1380. The molecule has 1 heterocycles. The van der Waals surface area contributed by atoms with E-state index in [1.165, 1.54) is 12.1 Å². The summed E-state index contributed by atoms with van der Waals surface area (Å²) in [6.07, 6.45) is -0.115. The molecule has 0 spiro atoms. The molecule has 0 saturated heterocycles. The van der Waals surface area contributed by atoms with Crippen LogP contribution in [0, 0.1) is 6.92 Å². The zero-order valence-electron chi connectivity index (χ0n) is 17.7. The predicted molar refractivity (Wildman–Crippen MR) is 126 cm³/mol. The van der Waals surface area contributed by atoms with Gasteiger partial charge in [-0.15, -0.1) is 0 Å². The topological polar surface area (TPSA) is 85.6 Å². The van der Waals surface area contributed by atoms with Gasteiger partial charge < -0.3 is 14.5 Å². The number of aryl methyl sites for hydroxylation is 1. The molecule has 1 aromatic heterocycles. The highest BCUT2D eigenvalue weighted by Gasteiger charge is 2.21. The first-order chi connectivity index (χ1) is 15.9. The smallest absolute Gasteiger partial charge is 0.336 e. The number of amides is 1. The average Bonchev–Trinajstić information content (AvgIpc) is 2.79. The maximum absolute atomic E-state index is 12.8. The second-order valence-corrected chi connectivity index (χ2v) is 7.91. The molecule has 1 N–H and O–H groups in total. The Morgan fingerprint density at radius 1 is 1.00 bits per heavy atom. The van der Waals surface area contributed by atoms with Gasteiger partial charge >= 0.3 is 11.6 Å². The van der Waals surface area contributed by atoms with Crippen molar-refractivity contribution in [3.63, 3.8) is 0 Å². The van der Waals surface area contributed by atoms with Crippen molar-refractivity contribution in [3.8, 4) is 5.75 Å². The lowest BCUT2D eigenvalue weighted by Gasteiger charge is -2.19. The maximum Gasteiger partial charge on any atom is 0.336 e. The van der Waals surface area contributed by atoms with E-state index in [1.54, 1.807) is 43.3 Å². The molecule has 4 aromatic rings. The fraction of sp³-hybridized carbons (Fsp3) is 0.115. The predicted octanol–water partition coefficient (Wildman–Crippen LogP) is 5.22. The molecule has 0 saturated carbocycles. The third-order valence-electron chi connectivity index (χ3n) is 5.15. The third-order valence-corrected chi connectivity index (χ3v) is 5.48. The van der Waals surface area contributed by atoms with Gasteiger partial charge in [-0.05, 0) is 42.3 Å². The summed E-state index contributed by atoms with van der Waals surface area (Å²) in [5, 5.41) is 3.94. The largest absolute Gasteiger partial charge is 0.426 e. The third kappa shape index (κ3) is 5.30. The summed E-state index contributed by atoms with van der Waals surface area (Å²) in [5.41, 5.74) is 1.68. The van der Waals surface area contributed by atoms with E-state index in [2.05, 4.69) is 5.32 Å². The number of carbonyl (C=O) groups is 2. The van der Waals surface area contributed by atoms with Crippen LogP contribution in [-0.4, -0.2) is 11.9 Å². The van der Waals surface area contributed by atoms with Gasteiger partial charge in [0.05, 0.1) is 23.0 Å². The monoisotopic (exact) mass is 461 g/mol. The molecular formula is C26H20ClNO5. The fourth-order valence-corrected chi connectivity index (χ4v) is 3.75. The van der Waals surface area contributed by atoms with E-state index in [-0.39, 0.29) is 12.2 Å². The van der Waals surface area contributed by atoms with Crippen molar-refractivity contribution in [3.05, 3.63) is 111 Å². The van der Waals surface area contributed by atoms with Crippen LogP contribution in [0.4, 0.5) is 0 Å². The molecule has 0 unspecified atom stereocenters. The van der Waals surface area contributed by atoms with Crippen molar-refractivity contribution in [2.45, 2.75) is 19.4 Å². The van der Waals surface area contributed by atoms with E-state index in [9.17, 15) is 14.4 Å². The molecule has 0 fully saturated rings. The first kappa shape index (κ1) is 22.3. The number of hydrogen-bond acceptors (Lipinski definition) is 5. The van der Waals surface area contributed by atoms with Crippen LogP contribution in [0.3, 0.4) is 0 Å². The highest BCUT2D eigenvalue weighted by atomic mass is 35.5. The van der Waals surface area contributed by atoms with Gasteiger partial charge in [0, 0.05) is 17.5 Å². The molecule has 0 radical (unpaired) electrons. The molecular weight excluding hydrogens is 442 g/mol. The van der Waals surface area contributed by atoms with Crippen LogP contribution in [0.1, 0.15) is 33.9 Å². The van der Waals surface area contributed by atoms with Gasteiger partial charge in [-0.1, -0.05) is 54.1 Å². The van der Waals surface area contributed by atoms with Crippen LogP contribution >= 0.6 is 11.6 Å². The number of hydrogen-bond donors (Lipinski definition) is 1. The number of esters is 1. The fourth-order valence-electron chi connectivity index (χ4n) is 3.53. The minimum absolute atomic E-state index is 0.115. The molecule has 0 aliphatic heterocycles. The molecule has 7 heteroatoms. The minimum Gasteiger partial charge on any atom is -0.426 e. The molecule has 1 amide bonds. The van der Waals surface area contributed by atoms with Crippen LogP contribution < -0.4 is 15.7 Å². The summed E-state index contributed by atoms with van der Waals surface area (Å²) >= 11 is 6.15. The van der Waals surface area contributed by atoms with E-state index in [0.717, 1.165) is 16.5 Å². The highest BCUT2D eigenvalue weighted by molar-refractivity contribution is 6.33. The number of nitrogens with one attached hydrogen (secondary N) is 1. The van der Waals surface area contributed by atoms with Crippen LogP contribution in [0.15, 0.2) is 88.1 Å². The van der Waals surface area contributed by atoms with Crippen LogP contribution in [0.5, 0.6) is 5.75 Å². The molecule has 3 aromatic carbocycles. The lowest BCUT2D eigenvalue weighted by atomic mass is 10.0. The van der Waals surface area contributed by atoms with Gasteiger partial charge in [-0.25, -0.2) is 4.79 Å². The number of halogens is 1. The number of rotatable bonds is 6. The molecule has 0 aliphatic carbocycles. The lowest BCUT2D eigenvalue weighted by Crippen LogP contribution is -2.31. The Labute approximate surface area is 194 Å². The summed E-state index contributed by atoms with van der Waals surface area (Å²) in [6, 6.07) is 21.4. The summed E-state index contributed by atoms with van der Waals surface area (Å²) in [5.74, 6) is -0.714. The molecule has 166 valence electrons. The average molecular weight is 462 g/mol. The number of carbonyl (C=O) groups excluding carboxylic acids is 2. The maximum atomic E-state index is 12.8. The quantitative estimate of drug-likeness (QED) is 0.241. The zero-order valence-corrected chi connectivity index (χ0v) is 18.5. The Balaban J connectivity index is 1.54. The van der Waals surface area contributed by atoms with Crippen molar-refractivity contribution in [1.82, 2.24) is 5.32 Å². The number of fused-ring (bicyclic) bond motifs is 1. The van der Waals surface area contributed by atoms with E-state index in [1.807, 2.05) is 30.3 Å². The van der Waals surface area contributed by atoms with Crippen molar-refractivity contribution in [2.75, 3.05) is 0 Å². The summed E-state index contributed by atoms with van der Waals surface area (Å²) in [6.45, 7) is 1.80. The summed E-state index contributed by atoms with van der Waals surface area (Å²) in [4.78, 5) is 37.2. The van der Waals surface area contributed by atoms with Crippen molar-refractivity contribution in [2.24, 2.45) is 0 Å². The summed E-state index contributed by atoms with van der Waals surface area (Å²) in [7, 11) is 0. The standard InChI is InChI=1S/C26H20ClNO5/c1-16-13-24(29)33-23-14-18(11-12-19(16)23)32-25(30)15-22(17-7-3-2-4-8-17)28-26(31)20-9-5-6-10-21(20)27/h2-14,22H,15H2,1H3,(H,28,31)/t22-/m0/s1. The second-order valence-electron chi connectivity index (χ2n) is 7.50. The van der Waals surface area contributed by atoms with Crippen LogP contribution in [0.25, 0.3) is 11.0 Å². The first-order valence-corrected chi connectivity index (χ1v) is 10.6. The SMILES string of the molecule is Cc1cc(=O)oc2cc(OC(=O)C[C@H](NC(=O)c3ccccc3Cl)c3ccccc3)ccc12. The number of ether oxygens (including phenoxy) is 1. The molecule has 4 rings (SSSR count). The van der Waals surface area contributed by atoms with Gasteiger partial charge in [0.2, 0.25) is 0 Å². The van der Waals surface area contributed by atoms with Crippen molar-refractivity contribution >= 4 is 34.4 Å². The van der Waals surface area contributed by atoms with E-state index < -0.39 is 23.5 Å².